The molecule has 8 nitrogen and oxygen atoms in total. The van der Waals surface area contributed by atoms with E-state index in [1.54, 1.807) is 18.5 Å². The van der Waals surface area contributed by atoms with Crippen molar-refractivity contribution in [1.82, 2.24) is 14.7 Å². The second-order valence-corrected chi connectivity index (χ2v) is 15.5. The molecule has 1 saturated carbocycles. The highest BCUT2D eigenvalue weighted by Crippen LogP contribution is 2.49. The van der Waals surface area contributed by atoms with E-state index in [2.05, 4.69) is 45.8 Å². The molecular formula is C37H45ClN4O4S. The van der Waals surface area contributed by atoms with E-state index < -0.39 is 11.0 Å². The van der Waals surface area contributed by atoms with Crippen molar-refractivity contribution in [3.63, 3.8) is 0 Å². The number of hydrogen-bond donors (Lipinski definition) is 2. The Labute approximate surface area is 285 Å². The van der Waals surface area contributed by atoms with Gasteiger partial charge in [0.05, 0.1) is 23.2 Å². The second-order valence-electron chi connectivity index (χ2n) is 13.5. The van der Waals surface area contributed by atoms with Crippen LogP contribution in [0.25, 0.3) is 0 Å². The van der Waals surface area contributed by atoms with Crippen molar-refractivity contribution in [3.8, 4) is 5.75 Å². The van der Waals surface area contributed by atoms with Gasteiger partial charge in [-0.1, -0.05) is 36.7 Å². The number of nitrogens with one attached hydrogen (secondary N) is 1. The van der Waals surface area contributed by atoms with Gasteiger partial charge in [-0.05, 0) is 105 Å². The van der Waals surface area contributed by atoms with Crippen LogP contribution in [0, 0.1) is 17.8 Å². The lowest BCUT2D eigenvalue weighted by Crippen LogP contribution is -2.49. The normalized spacial score (nSPS) is 31.0. The quantitative estimate of drug-likeness (QED) is 0.288. The second kappa shape index (κ2) is 14.5. The van der Waals surface area contributed by atoms with Gasteiger partial charge >= 0.3 is 0 Å². The molecule has 7 rings (SSSR count). The maximum absolute atomic E-state index is 13.5. The molecule has 10 heteroatoms. The zero-order valence-electron chi connectivity index (χ0n) is 27.4. The van der Waals surface area contributed by atoms with Gasteiger partial charge in [0.15, 0.2) is 0 Å². The molecule has 2 aliphatic carbocycles. The summed E-state index contributed by atoms with van der Waals surface area (Å²) in [4.78, 5) is 25.1. The molecule has 250 valence electrons. The number of allylic oxidation sites excluding steroid dienone is 2. The average Bonchev–Trinajstić information content (AvgIpc) is 3.23. The molecule has 6 unspecified atom stereocenters. The van der Waals surface area contributed by atoms with Crippen LogP contribution in [0.15, 0.2) is 67.1 Å². The summed E-state index contributed by atoms with van der Waals surface area (Å²) in [6.07, 6.45) is 16.1. The van der Waals surface area contributed by atoms with Gasteiger partial charge in [-0.3, -0.25) is 19.5 Å². The van der Waals surface area contributed by atoms with Gasteiger partial charge in [0, 0.05) is 60.7 Å². The van der Waals surface area contributed by atoms with E-state index in [1.807, 2.05) is 31.3 Å². The summed E-state index contributed by atoms with van der Waals surface area (Å²) in [6, 6.07) is 12.0. The number of carbonyl (C=O) groups excluding carboxylic acids is 1. The number of hydrogen-bond acceptors (Lipinski definition) is 7. The van der Waals surface area contributed by atoms with Gasteiger partial charge < -0.3 is 14.7 Å². The molecular weight excluding hydrogens is 632 g/mol. The van der Waals surface area contributed by atoms with Gasteiger partial charge in [-0.25, -0.2) is 4.21 Å². The van der Waals surface area contributed by atoms with Crippen LogP contribution in [0.5, 0.6) is 5.75 Å². The zero-order valence-corrected chi connectivity index (χ0v) is 29.0. The van der Waals surface area contributed by atoms with Gasteiger partial charge in [0.1, 0.15) is 16.7 Å². The minimum atomic E-state index is -1.53. The van der Waals surface area contributed by atoms with E-state index in [4.69, 9.17) is 26.4 Å². The van der Waals surface area contributed by atoms with Crippen LogP contribution in [0.1, 0.15) is 79.0 Å². The number of carbonyl (C=O) groups is 1. The Morgan fingerprint density at radius 2 is 1.98 bits per heavy atom. The smallest absolute Gasteiger partial charge is 0.263 e. The number of amides is 1. The molecule has 0 radical (unpaired) electrons. The van der Waals surface area contributed by atoms with Crippen molar-refractivity contribution in [2.45, 2.75) is 69.0 Å². The first-order valence-corrected chi connectivity index (χ1v) is 18.3. The van der Waals surface area contributed by atoms with Crippen molar-refractivity contribution >= 4 is 34.2 Å². The molecule has 2 aliphatic heterocycles. The number of fused-ring (bicyclic) bond motifs is 4. The SMILES string of the molecule is CC1C/C=C/C(c2cnccn2)C2CCC2CN2C[C@@]3(CCCc4cc(Cl)ccc43)COc3ccc(cc32)C(=O)NS(=O)C1C.CO. The van der Waals surface area contributed by atoms with E-state index >= 15 is 0 Å². The predicted molar refractivity (Wildman–Crippen MR) is 187 cm³/mol. The zero-order chi connectivity index (χ0) is 33.1. The fraction of sp³-hybridized carbons (Fsp3) is 0.486. The number of benzene rings is 2. The van der Waals surface area contributed by atoms with E-state index in [0.29, 0.717) is 24.0 Å². The monoisotopic (exact) mass is 676 g/mol. The van der Waals surface area contributed by atoms with Gasteiger partial charge in [0.25, 0.3) is 5.91 Å². The van der Waals surface area contributed by atoms with Crippen molar-refractivity contribution in [1.29, 1.82) is 0 Å². The highest BCUT2D eigenvalue weighted by molar-refractivity contribution is 7.84. The molecule has 2 aromatic carbocycles. The van der Waals surface area contributed by atoms with Crippen LogP contribution < -0.4 is 14.4 Å². The molecule has 0 saturated heterocycles. The first-order valence-electron chi connectivity index (χ1n) is 16.7. The third-order valence-electron chi connectivity index (χ3n) is 10.8. The standard InChI is InChI=1S/C36H41ClN4O3S.CH4O/c1-23-5-3-7-30(32-19-38-15-16-39-32)29-11-8-27(29)20-41-21-36(14-4-6-25-17-28(37)10-12-31(25)36)22-44-34-13-9-26(18-33(34)41)35(42)40-45(43)24(23)2;1-2/h3,7,9-10,12-13,15-19,23-24,27,29-30H,4-6,8,11,14,20-22H2,1-2H3,(H,40,42);2H,1H3/b7-3+;/t23?,24?,27?,29?,30?,36-,45?;/m0./s1. The summed E-state index contributed by atoms with van der Waals surface area (Å²) in [5.41, 5.74) is 4.85. The largest absolute Gasteiger partial charge is 0.490 e. The Bertz CT molecular complexity index is 1640. The Hall–Kier alpha value is -3.27. The highest BCUT2D eigenvalue weighted by Gasteiger charge is 2.44. The topological polar surface area (TPSA) is 105 Å². The van der Waals surface area contributed by atoms with Crippen molar-refractivity contribution in [2.24, 2.45) is 17.8 Å². The van der Waals surface area contributed by atoms with Gasteiger partial charge in [-0.2, -0.15) is 0 Å². The molecule has 1 aromatic heterocycles. The van der Waals surface area contributed by atoms with Crippen LogP contribution in [-0.2, 0) is 22.8 Å². The number of halogens is 1. The molecule has 2 bridgehead atoms. The number of aromatic nitrogens is 2. The molecule has 1 fully saturated rings. The number of nitrogens with zero attached hydrogens (tertiary/aromatic N) is 3. The Morgan fingerprint density at radius 3 is 2.74 bits per heavy atom. The lowest BCUT2D eigenvalue weighted by molar-refractivity contribution is 0.0982. The number of aliphatic hydroxyl groups excluding tert-OH is 1. The van der Waals surface area contributed by atoms with E-state index in [9.17, 15) is 9.00 Å². The van der Waals surface area contributed by atoms with Crippen LogP contribution in [0.2, 0.25) is 5.02 Å². The van der Waals surface area contributed by atoms with Gasteiger partial charge in [0.2, 0.25) is 0 Å². The summed E-state index contributed by atoms with van der Waals surface area (Å²) in [5.74, 6) is 1.59. The molecule has 7 atom stereocenters. The average molecular weight is 677 g/mol. The summed E-state index contributed by atoms with van der Waals surface area (Å²) in [5, 5.41) is 7.56. The third-order valence-corrected chi connectivity index (χ3v) is 12.6. The summed E-state index contributed by atoms with van der Waals surface area (Å²) in [6.45, 7) is 6.24. The van der Waals surface area contributed by atoms with Crippen molar-refractivity contribution in [3.05, 3.63) is 94.5 Å². The van der Waals surface area contributed by atoms with E-state index in [0.717, 1.165) is 80.9 Å². The highest BCUT2D eigenvalue weighted by atomic mass is 35.5. The first kappa shape index (κ1) is 33.6. The summed E-state index contributed by atoms with van der Waals surface area (Å²) < 4.78 is 22.8. The predicted octanol–water partition coefficient (Wildman–Crippen LogP) is 6.40. The Balaban J connectivity index is 0.00000190. The molecule has 1 amide bonds. The molecule has 3 aromatic rings. The molecule has 1 spiro atoms. The lowest BCUT2D eigenvalue weighted by Gasteiger charge is -2.46. The third kappa shape index (κ3) is 6.85. The van der Waals surface area contributed by atoms with Crippen LogP contribution >= 0.6 is 11.6 Å². The molecule has 47 heavy (non-hydrogen) atoms. The maximum Gasteiger partial charge on any atom is 0.263 e. The molecule has 2 N–H and O–H groups in total. The minimum Gasteiger partial charge on any atom is -0.490 e. The van der Waals surface area contributed by atoms with E-state index in [-0.39, 0.29) is 28.4 Å². The summed E-state index contributed by atoms with van der Waals surface area (Å²) >= 11 is 6.45. The fourth-order valence-electron chi connectivity index (χ4n) is 7.86. The number of ether oxygens (including phenoxy) is 1. The van der Waals surface area contributed by atoms with E-state index in [1.165, 1.54) is 11.1 Å². The molecule has 4 aliphatic rings. The fourth-order valence-corrected chi connectivity index (χ4v) is 9.08. The number of anilines is 1. The minimum absolute atomic E-state index is 0.121. The number of aliphatic hydroxyl groups is 1. The van der Waals surface area contributed by atoms with Crippen molar-refractivity contribution < 1.29 is 18.8 Å². The van der Waals surface area contributed by atoms with Gasteiger partial charge in [-0.15, -0.1) is 0 Å². The van der Waals surface area contributed by atoms with Crippen LogP contribution in [-0.4, -0.2) is 57.2 Å². The lowest BCUT2D eigenvalue weighted by atomic mass is 9.65. The van der Waals surface area contributed by atoms with Crippen LogP contribution in [0.4, 0.5) is 5.69 Å². The molecule has 3 heterocycles. The van der Waals surface area contributed by atoms with Crippen LogP contribution in [0.3, 0.4) is 0 Å². The maximum atomic E-state index is 13.5. The number of rotatable bonds is 1. The first-order chi connectivity index (χ1) is 22.8. The van der Waals surface area contributed by atoms with Crippen molar-refractivity contribution in [2.75, 3.05) is 31.7 Å². The Morgan fingerprint density at radius 1 is 1.13 bits per heavy atom. The summed E-state index contributed by atoms with van der Waals surface area (Å²) in [7, 11) is -0.526. The Kier molecular flexibility index (Phi) is 10.3. The number of aryl methyl sites for hydroxylation is 1.